The zero-order valence-electron chi connectivity index (χ0n) is 9.45. The molecule has 0 unspecified atom stereocenters. The number of hydrogen-bond donors (Lipinski definition) is 1. The number of alkyl halides is 4. The largest absolute Gasteiger partial charge is 0.461 e. The highest BCUT2D eigenvalue weighted by Gasteiger charge is 2.44. The van der Waals surface area contributed by atoms with Gasteiger partial charge < -0.3 is 10.5 Å². The van der Waals surface area contributed by atoms with Crippen molar-refractivity contribution in [1.82, 2.24) is 0 Å². The summed E-state index contributed by atoms with van der Waals surface area (Å²) < 4.78 is 54.1. The molecule has 1 aromatic rings. The molecule has 0 radical (unpaired) electrons. The molecule has 2 rings (SSSR count). The van der Waals surface area contributed by atoms with Crippen molar-refractivity contribution in [2.24, 2.45) is 11.7 Å². The zero-order valence-corrected chi connectivity index (χ0v) is 9.45. The van der Waals surface area contributed by atoms with E-state index in [0.29, 0.717) is 5.56 Å². The van der Waals surface area contributed by atoms with Gasteiger partial charge in [-0.05, 0) is 24.8 Å². The lowest BCUT2D eigenvalue weighted by Crippen LogP contribution is -2.34. The van der Waals surface area contributed by atoms with E-state index >= 15 is 0 Å². The van der Waals surface area contributed by atoms with Gasteiger partial charge in [0.25, 0.3) is 0 Å². The van der Waals surface area contributed by atoms with E-state index in [9.17, 15) is 17.6 Å². The molecule has 0 saturated heterocycles. The van der Waals surface area contributed by atoms with Gasteiger partial charge in [0.1, 0.15) is 5.75 Å². The second-order valence-electron chi connectivity index (χ2n) is 4.37. The SMILES string of the molecule is N[C@@H](c1ccccc1OC(F)(F)C(F)F)C1CC1. The van der Waals surface area contributed by atoms with E-state index in [4.69, 9.17) is 5.73 Å². The Kier molecular flexibility index (Phi) is 3.47. The summed E-state index contributed by atoms with van der Waals surface area (Å²) in [5.74, 6) is -0.0582. The topological polar surface area (TPSA) is 35.2 Å². The third-order valence-corrected chi connectivity index (χ3v) is 2.91. The molecule has 1 aliphatic rings. The zero-order chi connectivity index (χ0) is 13.3. The highest BCUT2D eigenvalue weighted by molar-refractivity contribution is 5.37. The number of benzene rings is 1. The van der Waals surface area contributed by atoms with Crippen molar-refractivity contribution in [2.45, 2.75) is 31.4 Å². The summed E-state index contributed by atoms with van der Waals surface area (Å²) in [5, 5.41) is 0. The number of para-hydroxylation sites is 1. The molecular formula is C12H13F4NO. The number of nitrogens with two attached hydrogens (primary N) is 1. The lowest BCUT2D eigenvalue weighted by Gasteiger charge is -2.21. The minimum absolute atomic E-state index is 0.218. The molecule has 2 N–H and O–H groups in total. The first-order chi connectivity index (χ1) is 8.42. The van der Waals surface area contributed by atoms with Crippen LogP contribution in [0.2, 0.25) is 0 Å². The summed E-state index contributed by atoms with van der Waals surface area (Å²) in [6.45, 7) is 0. The van der Waals surface area contributed by atoms with Crippen LogP contribution >= 0.6 is 0 Å². The lowest BCUT2D eigenvalue weighted by molar-refractivity contribution is -0.253. The van der Waals surface area contributed by atoms with E-state index in [1.54, 1.807) is 6.07 Å². The fraction of sp³-hybridized carbons (Fsp3) is 0.500. The summed E-state index contributed by atoms with van der Waals surface area (Å²) in [6, 6.07) is 5.37. The Balaban J connectivity index is 2.22. The monoisotopic (exact) mass is 263 g/mol. The van der Waals surface area contributed by atoms with Gasteiger partial charge in [0, 0.05) is 11.6 Å². The van der Waals surface area contributed by atoms with Crippen LogP contribution in [0.3, 0.4) is 0 Å². The third kappa shape index (κ3) is 2.75. The van der Waals surface area contributed by atoms with Crippen molar-refractivity contribution < 1.29 is 22.3 Å². The normalized spacial score (nSPS) is 17.9. The molecule has 1 atom stereocenters. The number of halogens is 4. The Morgan fingerprint density at radius 1 is 1.22 bits per heavy atom. The first kappa shape index (κ1) is 13.1. The minimum atomic E-state index is -4.50. The van der Waals surface area contributed by atoms with E-state index < -0.39 is 18.6 Å². The fourth-order valence-electron chi connectivity index (χ4n) is 1.75. The highest BCUT2D eigenvalue weighted by atomic mass is 19.3. The quantitative estimate of drug-likeness (QED) is 0.827. The highest BCUT2D eigenvalue weighted by Crippen LogP contribution is 2.43. The van der Waals surface area contributed by atoms with Crippen LogP contribution in [-0.4, -0.2) is 12.5 Å². The van der Waals surface area contributed by atoms with Crippen molar-refractivity contribution in [1.29, 1.82) is 0 Å². The first-order valence-corrected chi connectivity index (χ1v) is 5.61. The summed E-state index contributed by atoms with van der Waals surface area (Å²) in [5.41, 5.74) is 6.23. The maximum atomic E-state index is 12.9. The summed E-state index contributed by atoms with van der Waals surface area (Å²) in [4.78, 5) is 0. The molecule has 1 saturated carbocycles. The molecule has 2 nitrogen and oxygen atoms in total. The van der Waals surface area contributed by atoms with Gasteiger partial charge in [-0.1, -0.05) is 18.2 Å². The van der Waals surface area contributed by atoms with Crippen LogP contribution in [0.25, 0.3) is 0 Å². The maximum absolute atomic E-state index is 12.9. The van der Waals surface area contributed by atoms with Crippen LogP contribution < -0.4 is 10.5 Å². The Bertz CT molecular complexity index is 420. The predicted octanol–water partition coefficient (Wildman–Crippen LogP) is 3.33. The molecule has 1 fully saturated rings. The lowest BCUT2D eigenvalue weighted by atomic mass is 10.0. The maximum Gasteiger partial charge on any atom is 0.461 e. The third-order valence-electron chi connectivity index (χ3n) is 2.91. The number of rotatable bonds is 5. The van der Waals surface area contributed by atoms with Crippen molar-refractivity contribution in [2.75, 3.05) is 0 Å². The average Bonchev–Trinajstić information content (AvgIpc) is 3.12. The molecular weight excluding hydrogens is 250 g/mol. The standard InChI is InChI=1S/C12H13F4NO/c13-11(14)12(15,16)18-9-4-2-1-3-8(9)10(17)7-5-6-7/h1-4,7,10-11H,5-6,17H2/t10-/m1/s1. The minimum Gasteiger partial charge on any atom is -0.428 e. The van der Waals surface area contributed by atoms with Crippen molar-refractivity contribution in [3.63, 3.8) is 0 Å². The molecule has 0 heterocycles. The number of hydrogen-bond acceptors (Lipinski definition) is 2. The van der Waals surface area contributed by atoms with E-state index in [0.717, 1.165) is 12.8 Å². The fourth-order valence-corrected chi connectivity index (χ4v) is 1.75. The Labute approximate surface area is 102 Å². The Morgan fingerprint density at radius 3 is 2.39 bits per heavy atom. The average molecular weight is 263 g/mol. The molecule has 6 heteroatoms. The number of ether oxygens (including phenoxy) is 1. The van der Waals surface area contributed by atoms with E-state index in [1.165, 1.54) is 18.2 Å². The van der Waals surface area contributed by atoms with Crippen LogP contribution in [0.4, 0.5) is 17.6 Å². The first-order valence-electron chi connectivity index (χ1n) is 5.61. The Morgan fingerprint density at radius 2 is 1.83 bits per heavy atom. The van der Waals surface area contributed by atoms with E-state index in [2.05, 4.69) is 4.74 Å². The summed E-state index contributed by atoms with van der Waals surface area (Å²) in [7, 11) is 0. The second kappa shape index (κ2) is 4.76. The van der Waals surface area contributed by atoms with Crippen LogP contribution in [0.1, 0.15) is 24.4 Å². The molecule has 0 bridgehead atoms. The van der Waals surface area contributed by atoms with Gasteiger partial charge in [-0.2, -0.15) is 17.6 Å². The van der Waals surface area contributed by atoms with Gasteiger partial charge in [-0.25, -0.2) is 0 Å². The molecule has 18 heavy (non-hydrogen) atoms. The van der Waals surface area contributed by atoms with Gasteiger partial charge >= 0.3 is 12.5 Å². The molecule has 100 valence electrons. The van der Waals surface area contributed by atoms with Crippen molar-refractivity contribution in [3.8, 4) is 5.75 Å². The predicted molar refractivity (Wildman–Crippen MR) is 57.7 cm³/mol. The summed E-state index contributed by atoms with van der Waals surface area (Å²) >= 11 is 0. The van der Waals surface area contributed by atoms with Crippen LogP contribution in [0.15, 0.2) is 24.3 Å². The van der Waals surface area contributed by atoms with Crippen LogP contribution in [0.5, 0.6) is 5.75 Å². The Hall–Kier alpha value is -1.30. The van der Waals surface area contributed by atoms with Crippen LogP contribution in [-0.2, 0) is 0 Å². The molecule has 1 aromatic carbocycles. The van der Waals surface area contributed by atoms with E-state index in [1.807, 2.05) is 0 Å². The van der Waals surface area contributed by atoms with Crippen molar-refractivity contribution in [3.05, 3.63) is 29.8 Å². The molecule has 0 spiro atoms. The molecule has 0 amide bonds. The molecule has 0 aliphatic heterocycles. The van der Waals surface area contributed by atoms with Gasteiger partial charge in [-0.15, -0.1) is 0 Å². The van der Waals surface area contributed by atoms with Gasteiger partial charge in [0.15, 0.2) is 0 Å². The van der Waals surface area contributed by atoms with Crippen molar-refractivity contribution >= 4 is 0 Å². The van der Waals surface area contributed by atoms with Gasteiger partial charge in [0.2, 0.25) is 0 Å². The smallest absolute Gasteiger partial charge is 0.428 e. The molecule has 0 aromatic heterocycles. The van der Waals surface area contributed by atoms with Crippen LogP contribution in [0, 0.1) is 5.92 Å². The van der Waals surface area contributed by atoms with Gasteiger partial charge in [-0.3, -0.25) is 0 Å². The second-order valence-corrected chi connectivity index (χ2v) is 4.37. The van der Waals surface area contributed by atoms with E-state index in [-0.39, 0.29) is 11.7 Å². The van der Waals surface area contributed by atoms with Gasteiger partial charge in [0.05, 0.1) is 0 Å². The molecule has 1 aliphatic carbocycles. The summed E-state index contributed by atoms with van der Waals surface area (Å²) in [6.07, 6.45) is -6.54.